The highest BCUT2D eigenvalue weighted by Gasteiger charge is 2.46. The first-order chi connectivity index (χ1) is 65.5. The maximum atomic E-state index is 13.6. The van der Waals surface area contributed by atoms with Crippen LogP contribution in [0.4, 0.5) is 16.4 Å². The van der Waals surface area contributed by atoms with Gasteiger partial charge in [0.2, 0.25) is 0 Å². The van der Waals surface area contributed by atoms with E-state index in [4.69, 9.17) is 93.1 Å². The number of anilines is 2. The van der Waals surface area contributed by atoms with Gasteiger partial charge in [0.05, 0.1) is 83.8 Å². The summed E-state index contributed by atoms with van der Waals surface area (Å²) in [6.07, 6.45) is 5.25. The Kier molecular flexibility index (Phi) is 28.4. The van der Waals surface area contributed by atoms with Crippen molar-refractivity contribution in [2.24, 2.45) is 21.1 Å². The second-order valence-electron chi connectivity index (χ2n) is 40.1. The zero-order chi connectivity index (χ0) is 98.4. The SMILES string of the molecule is CCOC(=O)[C@@H](OC(C)(C)C)c1c(C)cc2nc(-c3ccc4c(c3)c(Br)nn4C)sc2c1-c1ccc(Cl)cc1.CCOC(=O)[C@@H](OC(C)(C)C)c1c(C)cc2nc(-c3ccc4c(c3)c(N3C5CCC3CN(C(=O)OC(C)(C)C)C5)nn4C)sc2c1-c1ccc(Cl)cc1.CCOC(=O)[C@@H](OC(C)(C)C)c1c(C)cc2nc(-c3ccc4c(c3)c(N3C5CCCC3CC5)nn4C)sc2c1-c1ccc(Cl)cc1. The van der Waals surface area contributed by atoms with Crippen LogP contribution in [0.5, 0.6) is 0 Å². The van der Waals surface area contributed by atoms with Crippen LogP contribution in [0.15, 0.2) is 150 Å². The van der Waals surface area contributed by atoms with E-state index in [1.807, 2.05) is 236 Å². The van der Waals surface area contributed by atoms with Gasteiger partial charge in [0.25, 0.3) is 0 Å². The monoisotopic (exact) mass is 2040 g/mol. The average Bonchev–Trinajstić information content (AvgIpc) is 1.58. The number of aryl methyl sites for hydroxylation is 6. The average molecular weight is 2040 g/mol. The molecule has 0 saturated carbocycles. The summed E-state index contributed by atoms with van der Waals surface area (Å²) in [6, 6.07) is 49.9. The van der Waals surface area contributed by atoms with Gasteiger partial charge < -0.3 is 47.9 Å². The predicted octanol–water partition coefficient (Wildman–Crippen LogP) is 27.6. The highest BCUT2D eigenvalue weighted by molar-refractivity contribution is 9.10. The van der Waals surface area contributed by atoms with Crippen molar-refractivity contribution in [2.75, 3.05) is 42.7 Å². The summed E-state index contributed by atoms with van der Waals surface area (Å²) in [4.78, 5) is 75.8. The highest BCUT2D eigenvalue weighted by atomic mass is 79.9. The number of rotatable bonds is 20. The summed E-state index contributed by atoms with van der Waals surface area (Å²) < 4.78 is 51.2. The van der Waals surface area contributed by atoms with Gasteiger partial charge in [0.1, 0.15) is 25.2 Å². The summed E-state index contributed by atoms with van der Waals surface area (Å²) in [6.45, 7) is 36.6. The Bertz CT molecular complexity index is 7150. The molecule has 138 heavy (non-hydrogen) atoms. The number of likely N-dealkylation sites (tertiary alicyclic amines) is 1. The number of aromatic nitrogens is 9. The normalized spacial score (nSPS) is 16.9. The molecule has 4 fully saturated rings. The van der Waals surface area contributed by atoms with Crippen LogP contribution in [0.2, 0.25) is 15.1 Å². The number of hydrogen-bond donors (Lipinski definition) is 0. The number of fused-ring (bicyclic) bond motifs is 10. The van der Waals surface area contributed by atoms with Crippen LogP contribution in [0.25, 0.3) is 128 Å². The molecule has 7 atom stereocenters. The van der Waals surface area contributed by atoms with Crippen molar-refractivity contribution in [1.29, 1.82) is 0 Å². The number of hydrogen-bond acceptors (Lipinski definition) is 22. The molecule has 15 aromatic rings. The number of ether oxygens (including phenoxy) is 7. The van der Waals surface area contributed by atoms with Crippen LogP contribution < -0.4 is 9.80 Å². The molecule has 23 nitrogen and oxygen atoms in total. The molecule has 4 aliphatic rings. The molecule has 9 aromatic carbocycles. The molecule has 30 heteroatoms. The van der Waals surface area contributed by atoms with Crippen molar-refractivity contribution in [1.82, 2.24) is 49.2 Å². The second kappa shape index (κ2) is 39.6. The number of carbonyl (C=O) groups excluding carboxylic acids is 4. The van der Waals surface area contributed by atoms with E-state index in [2.05, 4.69) is 91.5 Å². The fourth-order valence-corrected chi connectivity index (χ4v) is 24.1. The second-order valence-corrected chi connectivity index (χ2v) is 45.1. The minimum absolute atomic E-state index is 0.150. The van der Waals surface area contributed by atoms with E-state index in [0.29, 0.717) is 40.2 Å². The molecule has 1 amide bonds. The first-order valence-electron chi connectivity index (χ1n) is 47.2. The number of halogens is 4. The highest BCUT2D eigenvalue weighted by Crippen LogP contribution is 2.52. The number of benzene rings is 9. The van der Waals surface area contributed by atoms with Gasteiger partial charge in [-0.2, -0.15) is 15.3 Å². The molecule has 4 unspecified atom stereocenters. The van der Waals surface area contributed by atoms with Crippen LogP contribution in [-0.4, -0.2) is 153 Å². The summed E-state index contributed by atoms with van der Waals surface area (Å²) in [5, 5.41) is 22.4. The standard InChI is InChI=1S/C41H48ClN5O5S.C37H41ClN4O3S.C30H29BrClN3O3S/c1-10-50-38(48)34(51-40(3,4)5)32-23(2)19-30-35(33(32)24-11-14-26(42)15-12-24)53-37(43-30)25-13-18-31-29(20-25)36(44-45(31)9)47-27-16-17-28(47)22-46(21-27)39(49)52-41(6,7)8;1-7-44-36(43)32(45-37(3,4)5)30-21(2)19-28-33(31(30)22-11-14-24(38)15-12-22)46-35(39-28)23-13-18-29-27(20-23)34(40-41(29)6)42-25-9-8-10-26(42)17-16-25;1-7-37-29(36)25(38-30(3,4)5)23-16(2)14-21-26(24(23)17-8-11-19(32)12-9-17)39-28(33-21)18-10-13-22-20(15-18)27(31)34-35(22)6/h11-15,18-20,27-28,34H,10,16-17,21-22H2,1-9H3;11-15,18-20,25-26,32H,7-10,16-17H2,1-6H3;8-15,25H,7H2,1-6H3/t27?,28?,34-;25?,26?,32-;25-/m000/s1. The topological polar surface area (TPSA) is 235 Å². The smallest absolute Gasteiger partial charge is 0.410 e. The molecular weight excluding hydrogens is 1920 g/mol. The lowest BCUT2D eigenvalue weighted by Gasteiger charge is -2.41. The molecule has 19 rings (SSSR count). The first kappa shape index (κ1) is 99.1. The molecule has 0 spiro atoms. The molecule has 4 saturated heterocycles. The van der Waals surface area contributed by atoms with Gasteiger partial charge in [-0.25, -0.2) is 34.1 Å². The summed E-state index contributed by atoms with van der Waals surface area (Å²) in [5.41, 5.74) is 17.0. The Hall–Kier alpha value is -10.4. The molecule has 6 aromatic heterocycles. The maximum absolute atomic E-state index is 13.6. The summed E-state index contributed by atoms with van der Waals surface area (Å²) in [5.74, 6) is 0.783. The van der Waals surface area contributed by atoms with Gasteiger partial charge in [-0.1, -0.05) is 71.2 Å². The van der Waals surface area contributed by atoms with Gasteiger partial charge in [-0.05, 0) is 328 Å². The lowest BCUT2D eigenvalue weighted by Crippen LogP contribution is -2.56. The van der Waals surface area contributed by atoms with E-state index in [1.165, 1.54) is 37.5 Å². The number of thiazole rings is 3. The fourth-order valence-electron chi connectivity index (χ4n) is 19.8. The molecule has 722 valence electrons. The van der Waals surface area contributed by atoms with Crippen LogP contribution in [-0.2, 0) is 68.7 Å². The van der Waals surface area contributed by atoms with E-state index >= 15 is 0 Å². The number of piperazine rings is 1. The number of carbonyl (C=O) groups is 4. The predicted molar refractivity (Wildman–Crippen MR) is 562 cm³/mol. The molecule has 0 N–H and O–H groups in total. The van der Waals surface area contributed by atoms with Crippen molar-refractivity contribution in [3.8, 4) is 65.1 Å². The Labute approximate surface area is 840 Å². The van der Waals surface area contributed by atoms with Gasteiger partial charge in [0.15, 0.2) is 29.9 Å². The third kappa shape index (κ3) is 20.6. The lowest BCUT2D eigenvalue weighted by atomic mass is 9.91. The lowest BCUT2D eigenvalue weighted by molar-refractivity contribution is -0.167. The van der Waals surface area contributed by atoms with Crippen molar-refractivity contribution in [3.63, 3.8) is 0 Å². The molecule has 4 aliphatic heterocycles. The first-order valence-corrected chi connectivity index (χ1v) is 51.6. The van der Waals surface area contributed by atoms with Gasteiger partial charge >= 0.3 is 24.0 Å². The minimum Gasteiger partial charge on any atom is -0.464 e. The van der Waals surface area contributed by atoms with Crippen molar-refractivity contribution >= 4 is 184 Å². The van der Waals surface area contributed by atoms with Crippen LogP contribution in [0, 0.1) is 20.8 Å². The third-order valence-corrected chi connectivity index (χ3v) is 30.2. The number of esters is 3. The summed E-state index contributed by atoms with van der Waals surface area (Å²) >= 11 is 27.3. The van der Waals surface area contributed by atoms with Crippen LogP contribution in [0.1, 0.15) is 200 Å². The van der Waals surface area contributed by atoms with E-state index in [-0.39, 0.29) is 38.0 Å². The Morgan fingerprint density at radius 1 is 0.399 bits per heavy atom. The Morgan fingerprint density at radius 3 is 1.01 bits per heavy atom. The zero-order valence-electron chi connectivity index (χ0n) is 82.0. The van der Waals surface area contributed by atoms with Crippen molar-refractivity contribution < 1.29 is 52.3 Å². The maximum Gasteiger partial charge on any atom is 0.410 e. The minimum atomic E-state index is -0.948. The fraction of sp³-hybridized carbons (Fsp3) is 0.407. The number of nitrogens with zero attached hydrogens (tertiary/aromatic N) is 12. The van der Waals surface area contributed by atoms with Crippen LogP contribution >= 0.6 is 84.7 Å². The van der Waals surface area contributed by atoms with E-state index < -0.39 is 58.6 Å². The zero-order valence-corrected chi connectivity index (χ0v) is 88.3. The Balaban J connectivity index is 0.000000145. The van der Waals surface area contributed by atoms with Crippen molar-refractivity contribution in [3.05, 3.63) is 199 Å². The summed E-state index contributed by atoms with van der Waals surface area (Å²) in [7, 11) is 5.94. The quantitative estimate of drug-likeness (QED) is 0.0509. The molecule has 0 aliphatic carbocycles. The number of amides is 1. The Morgan fingerprint density at radius 2 is 0.696 bits per heavy atom. The molecular formula is C108H118BrCl3N12O11S3. The van der Waals surface area contributed by atoms with E-state index in [9.17, 15) is 19.2 Å². The van der Waals surface area contributed by atoms with E-state index in [1.54, 1.807) is 47.9 Å². The molecule has 4 bridgehead atoms. The van der Waals surface area contributed by atoms with Gasteiger partial charge in [0, 0.05) is 140 Å². The van der Waals surface area contributed by atoms with Crippen molar-refractivity contribution in [2.45, 2.75) is 234 Å². The molecule has 10 heterocycles. The number of piperidine rings is 1. The van der Waals surface area contributed by atoms with Crippen LogP contribution in [0.3, 0.4) is 0 Å². The molecule has 0 radical (unpaired) electrons. The van der Waals surface area contributed by atoms with Gasteiger partial charge in [-0.3, -0.25) is 14.0 Å². The van der Waals surface area contributed by atoms with Gasteiger partial charge in [-0.15, -0.1) is 34.0 Å². The van der Waals surface area contributed by atoms with E-state index in [0.717, 1.165) is 186 Å². The largest absolute Gasteiger partial charge is 0.464 e. The third-order valence-electron chi connectivity index (χ3n) is 25.4.